The molecule has 0 fully saturated rings. The van der Waals surface area contributed by atoms with Crippen molar-refractivity contribution in [1.29, 1.82) is 5.26 Å². The quantitative estimate of drug-likeness (QED) is 0.572. The van der Waals surface area contributed by atoms with Crippen molar-refractivity contribution in [2.24, 2.45) is 5.92 Å². The normalized spacial score (nSPS) is 11.4. The molecule has 2 aromatic rings. The molecule has 0 aromatic heterocycles. The molecular formula is C23H26N2O5. The summed E-state index contributed by atoms with van der Waals surface area (Å²) < 4.78 is 11.2. The first-order valence-electron chi connectivity index (χ1n) is 9.74. The molecule has 0 aliphatic heterocycles. The van der Waals surface area contributed by atoms with Crippen molar-refractivity contribution >= 4 is 17.4 Å². The van der Waals surface area contributed by atoms with Crippen LogP contribution in [0.1, 0.15) is 44.4 Å². The van der Waals surface area contributed by atoms with Gasteiger partial charge < -0.3 is 19.9 Å². The third kappa shape index (κ3) is 6.82. The number of nitriles is 1. The number of carboxylic acid groups (broad SMARTS) is 1. The minimum atomic E-state index is -1.09. The van der Waals surface area contributed by atoms with E-state index >= 15 is 0 Å². The van der Waals surface area contributed by atoms with Gasteiger partial charge in [-0.3, -0.25) is 4.79 Å². The number of nitrogens with zero attached hydrogens (tertiary/aromatic N) is 1. The van der Waals surface area contributed by atoms with E-state index in [-0.39, 0.29) is 18.3 Å². The van der Waals surface area contributed by atoms with Gasteiger partial charge in [0.25, 0.3) is 0 Å². The van der Waals surface area contributed by atoms with Crippen molar-refractivity contribution in [3.63, 3.8) is 0 Å². The van der Waals surface area contributed by atoms with Gasteiger partial charge in [-0.2, -0.15) is 5.26 Å². The summed E-state index contributed by atoms with van der Waals surface area (Å²) in [6, 6.07) is 12.3. The highest BCUT2D eigenvalue weighted by Crippen LogP contribution is 2.29. The van der Waals surface area contributed by atoms with Crippen molar-refractivity contribution < 1.29 is 24.2 Å². The molecule has 0 saturated heterocycles. The number of Topliss-reactive ketones (excluding diaryl/α,β-unsaturated/α-hetero) is 1. The fourth-order valence-corrected chi connectivity index (χ4v) is 2.87. The highest BCUT2D eigenvalue weighted by atomic mass is 16.5. The van der Waals surface area contributed by atoms with Crippen LogP contribution in [-0.2, 0) is 9.59 Å². The van der Waals surface area contributed by atoms with Crippen LogP contribution in [0.15, 0.2) is 42.5 Å². The molecule has 0 amide bonds. The fraction of sp³-hybridized carbons (Fsp3) is 0.348. The van der Waals surface area contributed by atoms with Crippen LogP contribution in [0.3, 0.4) is 0 Å². The van der Waals surface area contributed by atoms with E-state index in [4.69, 9.17) is 14.7 Å². The maximum absolute atomic E-state index is 12.0. The summed E-state index contributed by atoms with van der Waals surface area (Å²) in [6.45, 7) is 6.04. The van der Waals surface area contributed by atoms with E-state index in [0.717, 1.165) is 0 Å². The van der Waals surface area contributed by atoms with Crippen LogP contribution in [0.5, 0.6) is 11.5 Å². The molecular weight excluding hydrogens is 384 g/mol. The Bertz CT molecular complexity index is 916. The number of hydrogen-bond acceptors (Lipinski definition) is 6. The maximum Gasteiger partial charge on any atom is 0.330 e. The number of anilines is 1. The molecule has 1 unspecified atom stereocenters. The van der Waals surface area contributed by atoms with E-state index in [1.54, 1.807) is 42.5 Å². The number of carbonyl (C=O) groups is 2. The molecule has 158 valence electrons. The lowest BCUT2D eigenvalue weighted by atomic mass is 10.1. The van der Waals surface area contributed by atoms with Crippen molar-refractivity contribution in [3.8, 4) is 17.6 Å². The second-order valence-corrected chi connectivity index (χ2v) is 7.20. The van der Waals surface area contributed by atoms with Crippen molar-refractivity contribution in [2.45, 2.75) is 33.2 Å². The Morgan fingerprint density at radius 3 is 2.27 bits per heavy atom. The zero-order valence-corrected chi connectivity index (χ0v) is 17.3. The summed E-state index contributed by atoms with van der Waals surface area (Å²) in [7, 11) is 0. The maximum atomic E-state index is 12.0. The lowest BCUT2D eigenvalue weighted by Crippen LogP contribution is -2.21. The molecule has 0 aliphatic rings. The van der Waals surface area contributed by atoms with Crippen molar-refractivity contribution in [1.82, 2.24) is 0 Å². The number of benzene rings is 2. The van der Waals surface area contributed by atoms with Crippen LogP contribution in [0, 0.1) is 17.2 Å². The minimum absolute atomic E-state index is 0.0288. The second-order valence-electron chi connectivity index (χ2n) is 7.20. The lowest BCUT2D eigenvalue weighted by molar-refractivity contribution is -0.138. The standard InChI is InChI=1S/C23H26N2O5/c1-4-29-20-10-17(11-21(12-20)30-14-19(26)9-15(2)3)22(23(27)28)25-18-7-5-16(13-24)6-8-18/h5-8,10-12,15,22,25H,4,9,14H2,1-3H3,(H,27,28). The average molecular weight is 410 g/mol. The molecule has 2 aromatic carbocycles. The Labute approximate surface area is 176 Å². The van der Waals surface area contributed by atoms with Gasteiger partial charge in [0.2, 0.25) is 0 Å². The topological polar surface area (TPSA) is 109 Å². The highest BCUT2D eigenvalue weighted by Gasteiger charge is 2.22. The van der Waals surface area contributed by atoms with Gasteiger partial charge in [-0.1, -0.05) is 13.8 Å². The zero-order chi connectivity index (χ0) is 22.1. The molecule has 1 atom stereocenters. The Balaban J connectivity index is 2.27. The first kappa shape index (κ1) is 22.8. The molecule has 2 N–H and O–H groups in total. The van der Waals surface area contributed by atoms with Gasteiger partial charge in [0.15, 0.2) is 11.8 Å². The smallest absolute Gasteiger partial charge is 0.330 e. The predicted molar refractivity (Wildman–Crippen MR) is 113 cm³/mol. The number of hydrogen-bond donors (Lipinski definition) is 2. The van der Waals surface area contributed by atoms with Gasteiger partial charge in [0, 0.05) is 18.2 Å². The molecule has 0 saturated carbocycles. The third-order valence-electron chi connectivity index (χ3n) is 4.15. The first-order valence-corrected chi connectivity index (χ1v) is 9.74. The average Bonchev–Trinajstić information content (AvgIpc) is 2.70. The van der Waals surface area contributed by atoms with Crippen molar-refractivity contribution in [2.75, 3.05) is 18.5 Å². The number of nitrogens with one attached hydrogen (secondary N) is 1. The number of carboxylic acids is 1. The molecule has 0 heterocycles. The molecule has 0 radical (unpaired) electrons. The van der Waals surface area contributed by atoms with E-state index in [2.05, 4.69) is 5.32 Å². The predicted octanol–water partition coefficient (Wildman–Crippen LogP) is 4.19. The van der Waals surface area contributed by atoms with Crippen LogP contribution in [-0.4, -0.2) is 30.1 Å². The largest absolute Gasteiger partial charge is 0.494 e. The summed E-state index contributed by atoms with van der Waals surface area (Å²) >= 11 is 0. The SMILES string of the molecule is CCOc1cc(OCC(=O)CC(C)C)cc(C(Nc2ccc(C#N)cc2)C(=O)O)c1. The fourth-order valence-electron chi connectivity index (χ4n) is 2.87. The molecule has 30 heavy (non-hydrogen) atoms. The summed E-state index contributed by atoms with van der Waals surface area (Å²) in [6.07, 6.45) is 0.413. The Hall–Kier alpha value is -3.53. The number of aliphatic carboxylic acids is 1. The number of rotatable bonds is 11. The number of ketones is 1. The lowest BCUT2D eigenvalue weighted by Gasteiger charge is -2.19. The molecule has 0 spiro atoms. The van der Waals surface area contributed by atoms with E-state index in [9.17, 15) is 14.7 Å². The second kappa shape index (κ2) is 10.9. The Kier molecular flexibility index (Phi) is 8.24. The third-order valence-corrected chi connectivity index (χ3v) is 4.15. The van der Waals surface area contributed by atoms with E-state index in [1.165, 1.54) is 0 Å². The van der Waals surface area contributed by atoms with Gasteiger partial charge in [0.1, 0.15) is 18.1 Å². The Morgan fingerprint density at radius 1 is 1.10 bits per heavy atom. The summed E-state index contributed by atoms with van der Waals surface area (Å²) in [5.74, 6) is -0.0664. The monoisotopic (exact) mass is 410 g/mol. The molecule has 2 rings (SSSR count). The van der Waals surface area contributed by atoms with E-state index in [0.29, 0.717) is 41.3 Å². The van der Waals surface area contributed by atoms with Crippen molar-refractivity contribution in [3.05, 3.63) is 53.6 Å². The van der Waals surface area contributed by atoms with Gasteiger partial charge >= 0.3 is 5.97 Å². The van der Waals surface area contributed by atoms with Crippen LogP contribution < -0.4 is 14.8 Å². The summed E-state index contributed by atoms with van der Waals surface area (Å²) in [5.41, 5.74) is 1.45. The summed E-state index contributed by atoms with van der Waals surface area (Å²) in [4.78, 5) is 23.9. The highest BCUT2D eigenvalue weighted by molar-refractivity contribution is 5.81. The van der Waals surface area contributed by atoms with Gasteiger partial charge in [-0.05, 0) is 54.8 Å². The molecule has 0 aliphatic carbocycles. The summed E-state index contributed by atoms with van der Waals surface area (Å²) in [5, 5.41) is 21.6. The molecule has 0 bridgehead atoms. The number of carbonyl (C=O) groups excluding carboxylic acids is 1. The van der Waals surface area contributed by atoms with Gasteiger partial charge in [-0.25, -0.2) is 4.79 Å². The number of ether oxygens (including phenoxy) is 2. The molecule has 7 nitrogen and oxygen atoms in total. The Morgan fingerprint density at radius 2 is 1.73 bits per heavy atom. The van der Waals surface area contributed by atoms with Crippen LogP contribution in [0.2, 0.25) is 0 Å². The zero-order valence-electron chi connectivity index (χ0n) is 17.3. The van der Waals surface area contributed by atoms with E-state index < -0.39 is 12.0 Å². The minimum Gasteiger partial charge on any atom is -0.494 e. The first-order chi connectivity index (χ1) is 14.3. The molecule has 7 heteroatoms. The van der Waals surface area contributed by atoms with Gasteiger partial charge in [0.05, 0.1) is 18.2 Å². The van der Waals surface area contributed by atoms with Crippen LogP contribution >= 0.6 is 0 Å². The van der Waals surface area contributed by atoms with Crippen LogP contribution in [0.25, 0.3) is 0 Å². The van der Waals surface area contributed by atoms with E-state index in [1.807, 2.05) is 26.8 Å². The van der Waals surface area contributed by atoms with Crippen LogP contribution in [0.4, 0.5) is 5.69 Å². The van der Waals surface area contributed by atoms with Gasteiger partial charge in [-0.15, -0.1) is 0 Å².